The van der Waals surface area contributed by atoms with Gasteiger partial charge in [-0.3, -0.25) is 0 Å². The Morgan fingerprint density at radius 1 is 1.19 bits per heavy atom. The van der Waals surface area contributed by atoms with Gasteiger partial charge in [0.1, 0.15) is 0 Å². The number of nitrogens with two attached hydrogens (primary N) is 1. The number of sulfonamides is 1. The fourth-order valence-electron chi connectivity index (χ4n) is 3.30. The maximum absolute atomic E-state index is 12.5. The molecule has 7 nitrogen and oxygen atoms in total. The lowest BCUT2D eigenvalue weighted by atomic mass is 9.87. The fraction of sp³-hybridized carbons (Fsp3) is 0.579. The summed E-state index contributed by atoms with van der Waals surface area (Å²) in [5.41, 5.74) is 6.87. The van der Waals surface area contributed by atoms with Gasteiger partial charge in [-0.05, 0) is 36.0 Å². The van der Waals surface area contributed by atoms with Crippen molar-refractivity contribution in [2.45, 2.75) is 68.7 Å². The van der Waals surface area contributed by atoms with E-state index >= 15 is 0 Å². The summed E-state index contributed by atoms with van der Waals surface area (Å²) in [6.45, 7) is 6.45. The lowest BCUT2D eigenvalue weighted by molar-refractivity contribution is 0.348. The van der Waals surface area contributed by atoms with Gasteiger partial charge in [0.15, 0.2) is 5.82 Å². The molecular weight excluding hydrogens is 364 g/mol. The fourth-order valence-corrected chi connectivity index (χ4v) is 4.33. The molecule has 1 aromatic heterocycles. The van der Waals surface area contributed by atoms with Crippen molar-refractivity contribution in [3.63, 3.8) is 0 Å². The van der Waals surface area contributed by atoms with Crippen LogP contribution >= 0.6 is 0 Å². The standard InChI is InChI=1S/C19H28N4O3S/c1-18(2,3)14-6-8-15(9-7-14)27(24,25)21-13-10-16-22-17(23-26-16)19(20)11-4-5-12-19/h6-9,21H,4-5,10-13,20H2,1-3H3. The summed E-state index contributed by atoms with van der Waals surface area (Å²) < 4.78 is 32.7. The molecule has 0 atom stereocenters. The molecule has 148 valence electrons. The zero-order valence-corrected chi connectivity index (χ0v) is 17.0. The molecule has 1 aliphatic carbocycles. The van der Waals surface area contributed by atoms with E-state index in [4.69, 9.17) is 10.3 Å². The molecule has 0 aliphatic heterocycles. The average molecular weight is 393 g/mol. The van der Waals surface area contributed by atoms with Crippen LogP contribution in [-0.4, -0.2) is 25.1 Å². The molecule has 1 aliphatic rings. The van der Waals surface area contributed by atoms with Crippen LogP contribution in [0, 0.1) is 0 Å². The van der Waals surface area contributed by atoms with Crippen LogP contribution in [0.15, 0.2) is 33.7 Å². The Hall–Kier alpha value is -1.77. The minimum atomic E-state index is -3.58. The summed E-state index contributed by atoms with van der Waals surface area (Å²) in [5, 5.41) is 3.99. The summed E-state index contributed by atoms with van der Waals surface area (Å²) in [6, 6.07) is 6.96. The minimum absolute atomic E-state index is 0.0228. The third-order valence-corrected chi connectivity index (χ3v) is 6.55. The number of benzene rings is 1. The number of rotatable bonds is 6. The molecular formula is C19H28N4O3S. The normalized spacial score (nSPS) is 17.3. The van der Waals surface area contributed by atoms with Gasteiger partial charge in [-0.2, -0.15) is 4.98 Å². The van der Waals surface area contributed by atoms with E-state index in [1.807, 2.05) is 12.1 Å². The molecule has 3 rings (SSSR count). The summed E-state index contributed by atoms with van der Waals surface area (Å²) in [6.07, 6.45) is 4.15. The van der Waals surface area contributed by atoms with Crippen molar-refractivity contribution < 1.29 is 12.9 Å². The van der Waals surface area contributed by atoms with E-state index < -0.39 is 15.6 Å². The average Bonchev–Trinajstić information content (AvgIpc) is 3.24. The van der Waals surface area contributed by atoms with Crippen LogP contribution in [0.5, 0.6) is 0 Å². The van der Waals surface area contributed by atoms with E-state index in [0.717, 1.165) is 31.2 Å². The summed E-state index contributed by atoms with van der Waals surface area (Å²) >= 11 is 0. The first kappa shape index (κ1) is 20.0. The molecule has 0 unspecified atom stereocenters. The van der Waals surface area contributed by atoms with Crippen LogP contribution in [0.4, 0.5) is 0 Å². The maximum atomic E-state index is 12.5. The third-order valence-electron chi connectivity index (χ3n) is 5.07. The summed E-state index contributed by atoms with van der Waals surface area (Å²) in [7, 11) is -3.58. The SMILES string of the molecule is CC(C)(C)c1ccc(S(=O)(=O)NCCc2nc(C3(N)CCCC3)no2)cc1. The highest BCUT2D eigenvalue weighted by molar-refractivity contribution is 7.89. The van der Waals surface area contributed by atoms with E-state index in [9.17, 15) is 8.42 Å². The molecule has 3 N–H and O–H groups in total. The molecule has 1 heterocycles. The molecule has 0 bridgehead atoms. The number of hydrogen-bond acceptors (Lipinski definition) is 6. The first-order valence-corrected chi connectivity index (χ1v) is 10.8. The largest absolute Gasteiger partial charge is 0.339 e. The van der Waals surface area contributed by atoms with Gasteiger partial charge in [0, 0.05) is 13.0 Å². The van der Waals surface area contributed by atoms with Crippen molar-refractivity contribution in [2.75, 3.05) is 6.54 Å². The Bertz CT molecular complexity index is 876. The highest BCUT2D eigenvalue weighted by Gasteiger charge is 2.35. The molecule has 1 aromatic carbocycles. The topological polar surface area (TPSA) is 111 Å². The smallest absolute Gasteiger partial charge is 0.240 e. The Morgan fingerprint density at radius 3 is 2.41 bits per heavy atom. The summed E-state index contributed by atoms with van der Waals surface area (Å²) in [4.78, 5) is 4.60. The van der Waals surface area contributed by atoms with E-state index in [1.165, 1.54) is 0 Å². The van der Waals surface area contributed by atoms with Crippen molar-refractivity contribution in [1.29, 1.82) is 0 Å². The van der Waals surface area contributed by atoms with E-state index in [-0.39, 0.29) is 16.9 Å². The lowest BCUT2D eigenvalue weighted by Gasteiger charge is -2.19. The van der Waals surface area contributed by atoms with Crippen LogP contribution < -0.4 is 10.5 Å². The predicted octanol–water partition coefficient (Wildman–Crippen LogP) is 2.62. The Labute approximate surface area is 160 Å². The number of hydrogen-bond donors (Lipinski definition) is 2. The van der Waals surface area contributed by atoms with Crippen molar-refractivity contribution in [2.24, 2.45) is 5.73 Å². The first-order chi connectivity index (χ1) is 12.6. The second-order valence-electron chi connectivity index (χ2n) is 8.30. The van der Waals surface area contributed by atoms with Crippen molar-refractivity contribution in [3.8, 4) is 0 Å². The van der Waals surface area contributed by atoms with Crippen molar-refractivity contribution >= 4 is 10.0 Å². The molecule has 1 fully saturated rings. The van der Waals surface area contributed by atoms with Crippen LogP contribution in [0.25, 0.3) is 0 Å². The van der Waals surface area contributed by atoms with Crippen LogP contribution in [0.3, 0.4) is 0 Å². The van der Waals surface area contributed by atoms with Gasteiger partial charge >= 0.3 is 0 Å². The number of nitrogens with zero attached hydrogens (tertiary/aromatic N) is 2. The third kappa shape index (κ3) is 4.56. The van der Waals surface area contributed by atoms with Gasteiger partial charge in [0.25, 0.3) is 0 Å². The second kappa shape index (κ2) is 7.33. The Morgan fingerprint density at radius 2 is 1.81 bits per heavy atom. The number of aromatic nitrogens is 2. The van der Waals surface area contributed by atoms with Crippen LogP contribution in [0.2, 0.25) is 0 Å². The highest BCUT2D eigenvalue weighted by Crippen LogP contribution is 2.34. The van der Waals surface area contributed by atoms with Gasteiger partial charge in [-0.15, -0.1) is 0 Å². The molecule has 0 radical (unpaired) electrons. The maximum Gasteiger partial charge on any atom is 0.240 e. The molecule has 8 heteroatoms. The van der Waals surface area contributed by atoms with Crippen molar-refractivity contribution in [1.82, 2.24) is 14.9 Å². The Balaban J connectivity index is 1.59. The van der Waals surface area contributed by atoms with E-state index in [2.05, 4.69) is 35.6 Å². The van der Waals surface area contributed by atoms with Gasteiger partial charge in [0.2, 0.25) is 15.9 Å². The zero-order valence-electron chi connectivity index (χ0n) is 16.2. The molecule has 1 saturated carbocycles. The van der Waals surface area contributed by atoms with Gasteiger partial charge < -0.3 is 10.3 Å². The monoisotopic (exact) mass is 392 g/mol. The minimum Gasteiger partial charge on any atom is -0.339 e. The van der Waals surface area contributed by atoms with E-state index in [0.29, 0.717) is 18.1 Å². The van der Waals surface area contributed by atoms with Gasteiger partial charge in [-0.1, -0.05) is 50.9 Å². The molecule has 2 aromatic rings. The Kier molecular flexibility index (Phi) is 5.42. The van der Waals surface area contributed by atoms with Gasteiger partial charge in [-0.25, -0.2) is 13.1 Å². The molecule has 0 saturated heterocycles. The van der Waals surface area contributed by atoms with Crippen LogP contribution in [0.1, 0.15) is 63.7 Å². The molecule has 0 spiro atoms. The summed E-state index contributed by atoms with van der Waals surface area (Å²) in [5.74, 6) is 0.920. The number of nitrogens with one attached hydrogen (secondary N) is 1. The zero-order chi connectivity index (χ0) is 19.7. The lowest BCUT2D eigenvalue weighted by Crippen LogP contribution is -2.34. The van der Waals surface area contributed by atoms with Gasteiger partial charge in [0.05, 0.1) is 10.4 Å². The van der Waals surface area contributed by atoms with Crippen LogP contribution in [-0.2, 0) is 27.4 Å². The molecule has 27 heavy (non-hydrogen) atoms. The molecule has 0 amide bonds. The highest BCUT2D eigenvalue weighted by atomic mass is 32.2. The first-order valence-electron chi connectivity index (χ1n) is 9.32. The van der Waals surface area contributed by atoms with Crippen molar-refractivity contribution in [3.05, 3.63) is 41.5 Å². The second-order valence-corrected chi connectivity index (χ2v) is 10.1. The predicted molar refractivity (Wildman–Crippen MR) is 103 cm³/mol. The van der Waals surface area contributed by atoms with E-state index in [1.54, 1.807) is 12.1 Å². The quantitative estimate of drug-likeness (QED) is 0.782.